The van der Waals surface area contributed by atoms with Crippen molar-refractivity contribution in [3.63, 3.8) is 0 Å². The molecule has 0 aromatic carbocycles. The zero-order valence-corrected chi connectivity index (χ0v) is 16.1. The smallest absolute Gasteiger partial charge is 0.237 e. The Hall–Kier alpha value is -0.0700. The van der Waals surface area contributed by atoms with E-state index >= 15 is 0 Å². The second-order valence-corrected chi connectivity index (χ2v) is 6.93. The molecular formula is C15H33Cl2N3O2. The summed E-state index contributed by atoms with van der Waals surface area (Å²) in [6.45, 7) is 8.73. The van der Waals surface area contributed by atoms with Gasteiger partial charge in [-0.1, -0.05) is 13.8 Å². The second-order valence-electron chi connectivity index (χ2n) is 6.93. The molecule has 1 amide bonds. The number of amides is 1. The molecule has 1 aliphatic heterocycles. The van der Waals surface area contributed by atoms with Crippen LogP contribution in [-0.4, -0.2) is 56.7 Å². The molecule has 1 fully saturated rings. The van der Waals surface area contributed by atoms with E-state index in [0.717, 1.165) is 19.4 Å². The van der Waals surface area contributed by atoms with Crippen LogP contribution in [0.5, 0.6) is 0 Å². The van der Waals surface area contributed by atoms with Gasteiger partial charge in [0.2, 0.25) is 5.91 Å². The van der Waals surface area contributed by atoms with Gasteiger partial charge in [-0.05, 0) is 45.2 Å². The highest BCUT2D eigenvalue weighted by atomic mass is 35.5. The van der Waals surface area contributed by atoms with Gasteiger partial charge in [0, 0.05) is 25.8 Å². The summed E-state index contributed by atoms with van der Waals surface area (Å²) in [6, 6.07) is -0.334. The van der Waals surface area contributed by atoms with Crippen LogP contribution in [0.25, 0.3) is 0 Å². The number of hydrogen-bond acceptors (Lipinski definition) is 4. The summed E-state index contributed by atoms with van der Waals surface area (Å²) in [5.74, 6) is 0.212. The van der Waals surface area contributed by atoms with Crippen LogP contribution in [-0.2, 0) is 9.53 Å². The van der Waals surface area contributed by atoms with Gasteiger partial charge in [-0.25, -0.2) is 0 Å². The van der Waals surface area contributed by atoms with Crippen molar-refractivity contribution in [2.24, 2.45) is 17.1 Å². The number of hydrogen-bond donors (Lipinski definition) is 2. The van der Waals surface area contributed by atoms with E-state index in [0.29, 0.717) is 13.2 Å². The van der Waals surface area contributed by atoms with Gasteiger partial charge in [0.25, 0.3) is 0 Å². The van der Waals surface area contributed by atoms with Crippen molar-refractivity contribution in [3.05, 3.63) is 0 Å². The number of rotatable bonds is 6. The monoisotopic (exact) mass is 357 g/mol. The number of nitrogens with one attached hydrogen (secondary N) is 1. The van der Waals surface area contributed by atoms with Crippen molar-refractivity contribution in [1.82, 2.24) is 10.2 Å². The van der Waals surface area contributed by atoms with Crippen molar-refractivity contribution in [3.8, 4) is 0 Å². The lowest BCUT2D eigenvalue weighted by Gasteiger charge is -2.36. The zero-order valence-electron chi connectivity index (χ0n) is 14.4. The molecule has 0 aliphatic carbocycles. The average molecular weight is 358 g/mol. The number of halogens is 2. The van der Waals surface area contributed by atoms with Crippen molar-refractivity contribution < 1.29 is 9.53 Å². The van der Waals surface area contributed by atoms with Crippen molar-refractivity contribution in [2.75, 3.05) is 33.9 Å². The number of carbonyl (C=O) groups is 1. The zero-order chi connectivity index (χ0) is 15.3. The lowest BCUT2D eigenvalue weighted by molar-refractivity contribution is -0.125. The topological polar surface area (TPSA) is 67.6 Å². The molecule has 134 valence electrons. The first-order valence-corrected chi connectivity index (χ1v) is 7.52. The predicted octanol–water partition coefficient (Wildman–Crippen LogP) is 1.68. The Balaban J connectivity index is 0. The van der Waals surface area contributed by atoms with E-state index < -0.39 is 6.04 Å². The maximum atomic E-state index is 12.3. The summed E-state index contributed by atoms with van der Waals surface area (Å²) in [5.41, 5.74) is 6.12. The molecule has 7 heteroatoms. The summed E-state index contributed by atoms with van der Waals surface area (Å²) in [6.07, 6.45) is 1.76. The van der Waals surface area contributed by atoms with Crippen LogP contribution < -0.4 is 11.1 Å². The lowest BCUT2D eigenvalue weighted by atomic mass is 9.84. The predicted molar refractivity (Wildman–Crippen MR) is 96.0 cm³/mol. The van der Waals surface area contributed by atoms with Crippen LogP contribution in [0.15, 0.2) is 0 Å². The Kier molecular flexibility index (Phi) is 11.7. The molecule has 2 atom stereocenters. The largest absolute Gasteiger partial charge is 0.381 e. The van der Waals surface area contributed by atoms with Crippen LogP contribution in [0.1, 0.15) is 33.6 Å². The highest BCUT2D eigenvalue weighted by Gasteiger charge is 2.32. The maximum absolute atomic E-state index is 12.3. The summed E-state index contributed by atoms with van der Waals surface area (Å²) in [7, 11) is 4.09. The fourth-order valence-electron chi connectivity index (χ4n) is 2.75. The van der Waals surface area contributed by atoms with Crippen molar-refractivity contribution in [2.45, 2.75) is 45.7 Å². The van der Waals surface area contributed by atoms with Crippen molar-refractivity contribution >= 4 is 30.7 Å². The third-order valence-corrected chi connectivity index (χ3v) is 4.33. The highest BCUT2D eigenvalue weighted by Crippen LogP contribution is 2.22. The molecule has 22 heavy (non-hydrogen) atoms. The first-order chi connectivity index (χ1) is 9.24. The third kappa shape index (κ3) is 7.47. The van der Waals surface area contributed by atoms with Gasteiger partial charge in [0.15, 0.2) is 0 Å². The van der Waals surface area contributed by atoms with Crippen LogP contribution in [0, 0.1) is 11.3 Å². The fourth-order valence-corrected chi connectivity index (χ4v) is 2.75. The molecule has 1 rings (SSSR count). The molecule has 3 N–H and O–H groups in total. The summed E-state index contributed by atoms with van der Waals surface area (Å²) >= 11 is 0. The number of ether oxygens (including phenoxy) is 1. The fraction of sp³-hybridized carbons (Fsp3) is 0.933. The van der Waals surface area contributed by atoms with E-state index in [-0.39, 0.29) is 48.1 Å². The quantitative estimate of drug-likeness (QED) is 0.758. The molecule has 1 saturated heterocycles. The van der Waals surface area contributed by atoms with Gasteiger partial charge >= 0.3 is 0 Å². The van der Waals surface area contributed by atoms with E-state index in [4.69, 9.17) is 10.5 Å². The van der Waals surface area contributed by atoms with Crippen LogP contribution in [0.2, 0.25) is 0 Å². The molecule has 5 nitrogen and oxygen atoms in total. The van der Waals surface area contributed by atoms with Crippen LogP contribution in [0.3, 0.4) is 0 Å². The average Bonchev–Trinajstić information content (AvgIpc) is 2.37. The molecule has 1 aliphatic rings. The summed E-state index contributed by atoms with van der Waals surface area (Å²) in [4.78, 5) is 14.4. The standard InChI is InChI=1S/C15H31N3O2.2ClH/c1-11(15(2,3)10-18(4)5)17-14(19)13(16)12-6-8-20-9-7-12;;/h11-13H,6-10,16H2,1-5H3,(H,17,19);2*1H. The van der Waals surface area contributed by atoms with E-state index in [1.807, 2.05) is 14.1 Å². The molecule has 0 aromatic heterocycles. The molecule has 1 heterocycles. The molecule has 2 unspecified atom stereocenters. The van der Waals surface area contributed by atoms with Gasteiger partial charge < -0.3 is 20.7 Å². The van der Waals surface area contributed by atoms with Crippen LogP contribution in [0.4, 0.5) is 0 Å². The van der Waals surface area contributed by atoms with E-state index in [9.17, 15) is 4.79 Å². The first-order valence-electron chi connectivity index (χ1n) is 7.52. The summed E-state index contributed by atoms with van der Waals surface area (Å²) < 4.78 is 5.32. The van der Waals surface area contributed by atoms with Gasteiger partial charge in [0.05, 0.1) is 6.04 Å². The van der Waals surface area contributed by atoms with Crippen molar-refractivity contribution in [1.29, 1.82) is 0 Å². The molecule has 0 aromatic rings. The van der Waals surface area contributed by atoms with Crippen LogP contribution >= 0.6 is 24.8 Å². The Bertz CT molecular complexity index is 322. The van der Waals surface area contributed by atoms with E-state index in [2.05, 4.69) is 31.0 Å². The van der Waals surface area contributed by atoms with Gasteiger partial charge in [-0.3, -0.25) is 4.79 Å². The minimum absolute atomic E-state index is 0. The van der Waals surface area contributed by atoms with Gasteiger partial charge in [-0.2, -0.15) is 0 Å². The van der Waals surface area contributed by atoms with Gasteiger partial charge in [0.1, 0.15) is 0 Å². The number of nitrogens with two attached hydrogens (primary N) is 1. The SMILES string of the molecule is CC(NC(=O)C(N)C1CCOCC1)C(C)(C)CN(C)C.Cl.Cl. The highest BCUT2D eigenvalue weighted by molar-refractivity contribution is 5.85. The number of carbonyl (C=O) groups excluding carboxylic acids is 1. The molecule has 0 saturated carbocycles. The first kappa shape index (κ1) is 24.2. The minimum atomic E-state index is -0.420. The molecule has 0 radical (unpaired) electrons. The Morgan fingerprint density at radius 3 is 2.27 bits per heavy atom. The Morgan fingerprint density at radius 2 is 1.82 bits per heavy atom. The van der Waals surface area contributed by atoms with E-state index in [1.165, 1.54) is 0 Å². The lowest BCUT2D eigenvalue weighted by Crippen LogP contribution is -2.54. The van der Waals surface area contributed by atoms with E-state index in [1.54, 1.807) is 0 Å². The Morgan fingerprint density at radius 1 is 1.32 bits per heavy atom. The summed E-state index contributed by atoms with van der Waals surface area (Å²) in [5, 5.41) is 3.09. The third-order valence-electron chi connectivity index (χ3n) is 4.33. The Labute approximate surface area is 147 Å². The molecule has 0 bridgehead atoms. The van der Waals surface area contributed by atoms with Gasteiger partial charge in [-0.15, -0.1) is 24.8 Å². The second kappa shape index (κ2) is 10.7. The maximum Gasteiger partial charge on any atom is 0.237 e. The normalized spacial score (nSPS) is 18.9. The number of nitrogens with zero attached hydrogens (tertiary/aromatic N) is 1. The molecular weight excluding hydrogens is 325 g/mol. The molecule has 0 spiro atoms. The minimum Gasteiger partial charge on any atom is -0.381 e.